The Morgan fingerprint density at radius 1 is 0.418 bits per heavy atom. The summed E-state index contributed by atoms with van der Waals surface area (Å²) in [5, 5.41) is 0. The van der Waals surface area contributed by atoms with Gasteiger partial charge in [-0.25, -0.2) is 0 Å². The van der Waals surface area contributed by atoms with E-state index in [1.54, 1.807) is 0 Å². The van der Waals surface area contributed by atoms with Crippen molar-refractivity contribution in [2.75, 3.05) is 24.7 Å². The van der Waals surface area contributed by atoms with Gasteiger partial charge in [0, 0.05) is 0 Å². The molecule has 0 radical (unpaired) electrons. The van der Waals surface area contributed by atoms with Crippen LogP contribution in [0.25, 0.3) is 0 Å². The molecule has 0 bridgehead atoms. The zero-order valence-corrected chi connectivity index (χ0v) is 41.1. The van der Waals surface area contributed by atoms with Gasteiger partial charge >= 0.3 is 228 Å². The topological polar surface area (TPSA) is 52.6 Å². The molecule has 0 aliphatic heterocycles. The van der Waals surface area contributed by atoms with Crippen molar-refractivity contribution in [2.45, 2.75) is 216 Å². The van der Waals surface area contributed by atoms with Gasteiger partial charge in [0.15, 0.2) is 0 Å². The molecule has 0 aromatic heterocycles. The molecule has 4 nitrogen and oxygen atoms in total. The number of hydrogen-bond acceptors (Lipinski definition) is 6. The molecule has 0 rings (SSSR count). The number of rotatable bonds is 42. The third-order valence-corrected chi connectivity index (χ3v) is 40.8. The van der Waals surface area contributed by atoms with Gasteiger partial charge in [-0.05, 0) is 38.5 Å². The van der Waals surface area contributed by atoms with Crippen LogP contribution in [0.4, 0.5) is 0 Å². The van der Waals surface area contributed by atoms with E-state index in [-0.39, 0.29) is 11.9 Å². The van der Waals surface area contributed by atoms with Crippen LogP contribution in [-0.2, 0) is 19.1 Å². The van der Waals surface area contributed by atoms with Crippen molar-refractivity contribution in [2.24, 2.45) is 0 Å². The first-order valence-corrected chi connectivity index (χ1v) is 36.2. The van der Waals surface area contributed by atoms with Crippen LogP contribution in [0.15, 0.2) is 48.6 Å². The van der Waals surface area contributed by atoms with E-state index >= 15 is 0 Å². The van der Waals surface area contributed by atoms with Crippen molar-refractivity contribution in [1.29, 1.82) is 0 Å². The van der Waals surface area contributed by atoms with Crippen LogP contribution in [0.5, 0.6) is 0 Å². The van der Waals surface area contributed by atoms with Gasteiger partial charge in [-0.15, -0.1) is 0 Å². The molecule has 0 aromatic carbocycles. The second kappa shape index (κ2) is 44.5. The van der Waals surface area contributed by atoms with Crippen LogP contribution in [-0.4, -0.2) is 52.3 Å². The summed E-state index contributed by atoms with van der Waals surface area (Å²) in [6, 6.07) is 0. The molecule has 0 unspecified atom stereocenters. The summed E-state index contributed by atoms with van der Waals surface area (Å²) >= 11 is -2.58. The molecular weight excluding hydrogens is 823 g/mol. The van der Waals surface area contributed by atoms with Crippen molar-refractivity contribution in [3.8, 4) is 0 Å². The summed E-state index contributed by atoms with van der Waals surface area (Å²) < 4.78 is 14.1. The molecule has 0 aliphatic rings. The quantitative estimate of drug-likeness (QED) is 0.0263. The van der Waals surface area contributed by atoms with Crippen molar-refractivity contribution in [1.82, 2.24) is 0 Å². The van der Waals surface area contributed by atoms with E-state index < -0.39 is 15.6 Å². The maximum atomic E-state index is 12.5. The third kappa shape index (κ3) is 40.0. The molecule has 0 saturated heterocycles. The Balaban J connectivity index is 4.15. The molecule has 55 heavy (non-hydrogen) atoms. The fourth-order valence-corrected chi connectivity index (χ4v) is 36.3. The minimum Gasteiger partial charge on any atom is -0.0882 e. The summed E-state index contributed by atoms with van der Waals surface area (Å²) in [6.45, 7) is 10.1. The van der Waals surface area contributed by atoms with E-state index in [4.69, 9.17) is 9.47 Å². The first kappa shape index (κ1) is 54.4. The third-order valence-electron chi connectivity index (χ3n) is 9.91. The molecule has 0 atom stereocenters. The predicted molar refractivity (Wildman–Crippen MR) is 251 cm³/mol. The zero-order valence-electron chi connectivity index (χ0n) is 36.6. The molecule has 0 aliphatic carbocycles. The number of carbonyl (C=O) groups excluding carboxylic acids is 2. The summed E-state index contributed by atoms with van der Waals surface area (Å²) in [4.78, 5) is 24.9. The predicted octanol–water partition coefficient (Wildman–Crippen LogP) is 16.2. The van der Waals surface area contributed by atoms with Crippen LogP contribution >= 0.6 is 17.9 Å². The number of unbranched alkanes of at least 4 members (excludes halogenated alkanes) is 18. The van der Waals surface area contributed by atoms with Gasteiger partial charge in [0.25, 0.3) is 0 Å². The van der Waals surface area contributed by atoms with Crippen molar-refractivity contribution < 1.29 is 19.1 Å². The smallest absolute Gasteiger partial charge is 0.0882 e. The van der Waals surface area contributed by atoms with Crippen LogP contribution in [0, 0.1) is 0 Å². The molecule has 320 valence electrons. The zero-order chi connectivity index (χ0) is 40.2. The van der Waals surface area contributed by atoms with E-state index in [1.807, 2.05) is 0 Å². The Morgan fingerprint density at radius 3 is 1.11 bits per heavy atom. The number of esters is 2. The number of hydrogen-bond donors (Lipinski definition) is 0. The van der Waals surface area contributed by atoms with Crippen LogP contribution < -0.4 is 0 Å². The summed E-state index contributed by atoms with van der Waals surface area (Å²) in [5.74, 6) is 1.77. The number of ether oxygens (including phenoxy) is 2. The molecule has 0 fully saturated rings. The van der Waals surface area contributed by atoms with Gasteiger partial charge in [-0.3, -0.25) is 0 Å². The fourth-order valence-electron chi connectivity index (χ4n) is 6.42. The van der Waals surface area contributed by atoms with E-state index in [9.17, 15) is 9.59 Å². The Hall–Kier alpha value is -0.601. The average Bonchev–Trinajstić information content (AvgIpc) is 3.19. The van der Waals surface area contributed by atoms with E-state index in [0.717, 1.165) is 62.9 Å². The first-order valence-electron chi connectivity index (χ1n) is 23.2. The van der Waals surface area contributed by atoms with Gasteiger partial charge in [-0.1, -0.05) is 88.1 Å². The second-order valence-electron chi connectivity index (χ2n) is 15.2. The molecular formula is C48H88O4S2Sn. The van der Waals surface area contributed by atoms with E-state index in [0.29, 0.717) is 26.1 Å². The first-order chi connectivity index (χ1) is 27.0. The van der Waals surface area contributed by atoms with E-state index in [2.05, 4.69) is 94.2 Å². The average molecular weight is 912 g/mol. The van der Waals surface area contributed by atoms with Gasteiger partial charge in [0.2, 0.25) is 0 Å². The van der Waals surface area contributed by atoms with Crippen LogP contribution in [0.3, 0.4) is 0 Å². The fraction of sp³-hybridized carbons (Fsp3) is 0.792. The van der Waals surface area contributed by atoms with Crippen LogP contribution in [0.2, 0.25) is 8.87 Å². The SMILES string of the molecule is CCCCC/C=C\C/C=C\CCCCCCCC(=O)OCC[S][Sn]([CH2]CCC)([CH2]CCC)[S]CCOC(=O)CCCCCCC/C=C\C/C=C\CCCCC. The van der Waals surface area contributed by atoms with Crippen molar-refractivity contribution in [3.05, 3.63) is 48.6 Å². The van der Waals surface area contributed by atoms with Crippen molar-refractivity contribution in [3.63, 3.8) is 0 Å². The summed E-state index contributed by atoms with van der Waals surface area (Å²) in [7, 11) is 4.34. The monoisotopic (exact) mass is 913 g/mol. The molecule has 7 heteroatoms. The molecule has 0 heterocycles. The number of carbonyl (C=O) groups is 2. The maximum absolute atomic E-state index is 12.5. The van der Waals surface area contributed by atoms with Gasteiger partial charge < -0.3 is 0 Å². The second-order valence-corrected chi connectivity index (χ2v) is 41.8. The molecule has 0 amide bonds. The minimum absolute atomic E-state index is 0.0298. The van der Waals surface area contributed by atoms with Gasteiger partial charge in [-0.2, -0.15) is 0 Å². The summed E-state index contributed by atoms with van der Waals surface area (Å²) in [5.41, 5.74) is 0. The van der Waals surface area contributed by atoms with Crippen molar-refractivity contribution >= 4 is 45.4 Å². The minimum atomic E-state index is -2.58. The Bertz CT molecular complexity index is 888. The molecule has 0 saturated carbocycles. The number of allylic oxidation sites excluding steroid dienone is 8. The molecule has 0 aromatic rings. The standard InChI is InChI=1S/2C20H36O2S.2C4H9.Sn/c2*1-2-3-4-5-6-7-8-9-10-11-12-13-14-15-16-17-20(21)22-18-19-23;2*1-3-4-2;/h2*6-7,9-10,23H,2-5,8,11-19H2,1H3;2*1,3-4H2,2H3;/q;;;;+2/p-2/b2*7-6-,10-9-;;;. The van der Waals surface area contributed by atoms with E-state index in [1.165, 1.54) is 124 Å². The normalized spacial score (nSPS) is 12.3. The Kier molecular flexibility index (Phi) is 44.0. The molecule has 0 N–H and O–H groups in total. The summed E-state index contributed by atoms with van der Waals surface area (Å²) in [6.07, 6.45) is 50.7. The van der Waals surface area contributed by atoms with Gasteiger partial charge in [0.1, 0.15) is 0 Å². The Morgan fingerprint density at radius 2 is 0.745 bits per heavy atom. The molecule has 0 spiro atoms. The Labute approximate surface area is 351 Å². The van der Waals surface area contributed by atoms with Gasteiger partial charge in [0.05, 0.1) is 0 Å². The van der Waals surface area contributed by atoms with Crippen LogP contribution in [0.1, 0.15) is 207 Å².